The molecule has 0 heterocycles. The molecule has 0 bridgehead atoms. The van der Waals surface area contributed by atoms with Crippen LogP contribution in [0.1, 0.15) is 47.0 Å². The SMILES string of the molecule is CCCCN(C)C(=NC)NCCC(OCC)C(C)C. The average molecular weight is 271 g/mol. The Morgan fingerprint density at radius 2 is 2.00 bits per heavy atom. The lowest BCUT2D eigenvalue weighted by molar-refractivity contribution is 0.0257. The van der Waals surface area contributed by atoms with Gasteiger partial charge in [-0.05, 0) is 25.7 Å². The van der Waals surface area contributed by atoms with Crippen molar-refractivity contribution in [1.82, 2.24) is 10.2 Å². The lowest BCUT2D eigenvalue weighted by Crippen LogP contribution is -2.41. The van der Waals surface area contributed by atoms with Crippen LogP contribution in [0, 0.1) is 5.92 Å². The van der Waals surface area contributed by atoms with Crippen molar-refractivity contribution >= 4 is 5.96 Å². The van der Waals surface area contributed by atoms with Crippen LogP contribution >= 0.6 is 0 Å². The van der Waals surface area contributed by atoms with Crippen molar-refractivity contribution < 1.29 is 4.74 Å². The van der Waals surface area contributed by atoms with E-state index in [9.17, 15) is 0 Å². The van der Waals surface area contributed by atoms with Crippen LogP contribution in [0.25, 0.3) is 0 Å². The van der Waals surface area contributed by atoms with Gasteiger partial charge in [0.05, 0.1) is 6.10 Å². The number of nitrogens with one attached hydrogen (secondary N) is 1. The van der Waals surface area contributed by atoms with Crippen molar-refractivity contribution in [2.24, 2.45) is 10.9 Å². The molecule has 114 valence electrons. The highest BCUT2D eigenvalue weighted by atomic mass is 16.5. The van der Waals surface area contributed by atoms with E-state index in [0.29, 0.717) is 12.0 Å². The molecule has 0 aliphatic carbocycles. The Kier molecular flexibility index (Phi) is 10.6. The van der Waals surface area contributed by atoms with Crippen molar-refractivity contribution in [2.75, 3.05) is 33.8 Å². The predicted octanol–water partition coefficient (Wildman–Crippen LogP) is 2.74. The second-order valence-corrected chi connectivity index (χ2v) is 5.28. The van der Waals surface area contributed by atoms with E-state index in [1.807, 2.05) is 7.05 Å². The Labute approximate surface area is 119 Å². The number of hydrogen-bond donors (Lipinski definition) is 1. The lowest BCUT2D eigenvalue weighted by Gasteiger charge is -2.24. The Hall–Kier alpha value is -0.770. The first-order valence-electron chi connectivity index (χ1n) is 7.60. The van der Waals surface area contributed by atoms with Gasteiger partial charge in [-0.2, -0.15) is 0 Å². The topological polar surface area (TPSA) is 36.9 Å². The summed E-state index contributed by atoms with van der Waals surface area (Å²) in [5.41, 5.74) is 0. The fraction of sp³-hybridized carbons (Fsp3) is 0.933. The third-order valence-corrected chi connectivity index (χ3v) is 3.26. The molecule has 0 fully saturated rings. The normalized spacial score (nSPS) is 13.7. The minimum absolute atomic E-state index is 0.330. The van der Waals surface area contributed by atoms with Gasteiger partial charge >= 0.3 is 0 Å². The Morgan fingerprint density at radius 1 is 1.32 bits per heavy atom. The van der Waals surface area contributed by atoms with E-state index in [1.54, 1.807) is 0 Å². The van der Waals surface area contributed by atoms with Crippen LogP contribution in [-0.2, 0) is 4.74 Å². The monoisotopic (exact) mass is 271 g/mol. The Balaban J connectivity index is 4.06. The fourth-order valence-electron chi connectivity index (χ4n) is 2.04. The number of guanidine groups is 1. The number of rotatable bonds is 9. The van der Waals surface area contributed by atoms with E-state index < -0.39 is 0 Å². The number of ether oxygens (including phenoxy) is 1. The first-order valence-corrected chi connectivity index (χ1v) is 7.60. The van der Waals surface area contributed by atoms with Crippen LogP contribution in [0.4, 0.5) is 0 Å². The quantitative estimate of drug-likeness (QED) is 0.517. The van der Waals surface area contributed by atoms with E-state index >= 15 is 0 Å². The molecule has 4 nitrogen and oxygen atoms in total. The minimum Gasteiger partial charge on any atom is -0.378 e. The van der Waals surface area contributed by atoms with Crippen LogP contribution in [-0.4, -0.2) is 50.8 Å². The first kappa shape index (κ1) is 18.2. The standard InChI is InChI=1S/C15H33N3O/c1-7-9-12-18(6)15(16-5)17-11-10-14(13(3)4)19-8-2/h13-14H,7-12H2,1-6H3,(H,16,17). The summed E-state index contributed by atoms with van der Waals surface area (Å²) in [6.07, 6.45) is 3.76. The van der Waals surface area contributed by atoms with Crippen molar-refractivity contribution in [3.05, 3.63) is 0 Å². The van der Waals surface area contributed by atoms with Gasteiger partial charge in [0.2, 0.25) is 0 Å². The molecule has 0 spiro atoms. The van der Waals surface area contributed by atoms with Crippen LogP contribution in [0.15, 0.2) is 4.99 Å². The van der Waals surface area contributed by atoms with Crippen LogP contribution < -0.4 is 5.32 Å². The Bertz CT molecular complexity index is 242. The molecular weight excluding hydrogens is 238 g/mol. The highest BCUT2D eigenvalue weighted by Crippen LogP contribution is 2.10. The van der Waals surface area contributed by atoms with Gasteiger partial charge in [-0.15, -0.1) is 0 Å². The molecule has 0 saturated heterocycles. The molecule has 0 amide bonds. The molecule has 1 atom stereocenters. The summed E-state index contributed by atoms with van der Waals surface area (Å²) in [4.78, 5) is 6.51. The van der Waals surface area contributed by atoms with Crippen molar-refractivity contribution in [2.45, 2.75) is 53.1 Å². The molecular formula is C15H33N3O. The summed E-state index contributed by atoms with van der Waals surface area (Å²) >= 11 is 0. The van der Waals surface area contributed by atoms with E-state index in [4.69, 9.17) is 4.74 Å². The van der Waals surface area contributed by atoms with Crippen molar-refractivity contribution in [3.8, 4) is 0 Å². The van der Waals surface area contributed by atoms with Gasteiger partial charge < -0.3 is 15.0 Å². The van der Waals surface area contributed by atoms with Crippen molar-refractivity contribution in [3.63, 3.8) is 0 Å². The van der Waals surface area contributed by atoms with E-state index in [0.717, 1.165) is 32.1 Å². The molecule has 0 saturated carbocycles. The summed E-state index contributed by atoms with van der Waals surface area (Å²) in [5, 5.41) is 3.42. The summed E-state index contributed by atoms with van der Waals surface area (Å²) in [6, 6.07) is 0. The highest BCUT2D eigenvalue weighted by molar-refractivity contribution is 5.79. The molecule has 0 aliphatic rings. The molecule has 0 aliphatic heterocycles. The summed E-state index contributed by atoms with van der Waals surface area (Å²) in [6.45, 7) is 11.4. The number of hydrogen-bond acceptors (Lipinski definition) is 2. The van der Waals surface area contributed by atoms with Crippen LogP contribution in [0.3, 0.4) is 0 Å². The van der Waals surface area contributed by atoms with Gasteiger partial charge in [0, 0.05) is 33.8 Å². The van der Waals surface area contributed by atoms with Gasteiger partial charge in [0.1, 0.15) is 0 Å². The van der Waals surface area contributed by atoms with E-state index in [-0.39, 0.29) is 0 Å². The second kappa shape index (κ2) is 11.1. The molecule has 19 heavy (non-hydrogen) atoms. The highest BCUT2D eigenvalue weighted by Gasteiger charge is 2.13. The summed E-state index contributed by atoms with van der Waals surface area (Å²) < 4.78 is 5.75. The van der Waals surface area contributed by atoms with Gasteiger partial charge in [0.15, 0.2) is 5.96 Å². The van der Waals surface area contributed by atoms with Crippen LogP contribution in [0.5, 0.6) is 0 Å². The lowest BCUT2D eigenvalue weighted by atomic mass is 10.0. The molecule has 0 aromatic carbocycles. The molecule has 0 radical (unpaired) electrons. The zero-order valence-electron chi connectivity index (χ0n) is 13.7. The van der Waals surface area contributed by atoms with E-state index in [2.05, 4.69) is 50.0 Å². The maximum absolute atomic E-state index is 5.75. The maximum atomic E-state index is 5.75. The smallest absolute Gasteiger partial charge is 0.193 e. The first-order chi connectivity index (χ1) is 9.06. The zero-order chi connectivity index (χ0) is 14.7. The van der Waals surface area contributed by atoms with Gasteiger partial charge in [-0.25, -0.2) is 0 Å². The second-order valence-electron chi connectivity index (χ2n) is 5.28. The largest absolute Gasteiger partial charge is 0.378 e. The average Bonchev–Trinajstić information content (AvgIpc) is 2.39. The van der Waals surface area contributed by atoms with Gasteiger partial charge in [0.25, 0.3) is 0 Å². The van der Waals surface area contributed by atoms with E-state index in [1.165, 1.54) is 12.8 Å². The number of aliphatic imine (C=N–C) groups is 1. The molecule has 1 N–H and O–H groups in total. The molecule has 0 aromatic rings. The third-order valence-electron chi connectivity index (χ3n) is 3.26. The van der Waals surface area contributed by atoms with Gasteiger partial charge in [-0.3, -0.25) is 4.99 Å². The number of unbranched alkanes of at least 4 members (excludes halogenated alkanes) is 1. The minimum atomic E-state index is 0.330. The number of nitrogens with zero attached hydrogens (tertiary/aromatic N) is 2. The summed E-state index contributed by atoms with van der Waals surface area (Å²) in [7, 11) is 3.93. The fourth-order valence-corrected chi connectivity index (χ4v) is 2.04. The van der Waals surface area contributed by atoms with Gasteiger partial charge in [-0.1, -0.05) is 27.2 Å². The zero-order valence-corrected chi connectivity index (χ0v) is 13.7. The van der Waals surface area contributed by atoms with Crippen LogP contribution in [0.2, 0.25) is 0 Å². The predicted molar refractivity (Wildman–Crippen MR) is 83.8 cm³/mol. The molecule has 0 aromatic heterocycles. The molecule has 0 rings (SSSR count). The Morgan fingerprint density at radius 3 is 2.47 bits per heavy atom. The summed E-state index contributed by atoms with van der Waals surface area (Å²) in [5.74, 6) is 1.54. The molecule has 1 unspecified atom stereocenters. The maximum Gasteiger partial charge on any atom is 0.193 e. The third kappa shape index (κ3) is 8.09. The van der Waals surface area contributed by atoms with Crippen molar-refractivity contribution in [1.29, 1.82) is 0 Å². The molecule has 4 heteroatoms.